The van der Waals surface area contributed by atoms with E-state index in [1.54, 1.807) is 0 Å². The molecule has 1 N–H and O–H groups in total. The molecule has 1 aromatic rings. The maximum atomic E-state index is 6.04. The van der Waals surface area contributed by atoms with Crippen molar-refractivity contribution in [1.29, 1.82) is 0 Å². The quantitative estimate of drug-likeness (QED) is 0.786. The zero-order valence-electron chi connectivity index (χ0n) is 12.4. The lowest BCUT2D eigenvalue weighted by molar-refractivity contribution is 0.237. The Bertz CT molecular complexity index is 358. The summed E-state index contributed by atoms with van der Waals surface area (Å²) in [5.74, 6) is 1.69. The van der Waals surface area contributed by atoms with Crippen molar-refractivity contribution in [2.75, 3.05) is 13.7 Å². The van der Waals surface area contributed by atoms with E-state index < -0.39 is 0 Å². The minimum atomic E-state index is 0.322. The maximum Gasteiger partial charge on any atom is 0.124 e. The van der Waals surface area contributed by atoms with E-state index in [-0.39, 0.29) is 0 Å². The van der Waals surface area contributed by atoms with Crippen LogP contribution in [0.4, 0.5) is 0 Å². The number of benzene rings is 1. The molecular weight excluding hydrogens is 222 g/mol. The summed E-state index contributed by atoms with van der Waals surface area (Å²) < 4.78 is 6.04. The fourth-order valence-electron chi connectivity index (χ4n) is 2.01. The van der Waals surface area contributed by atoms with E-state index in [4.69, 9.17) is 4.74 Å². The molecule has 0 radical (unpaired) electrons. The first kappa shape index (κ1) is 15.0. The number of hydrogen-bond acceptors (Lipinski definition) is 2. The number of aryl methyl sites for hydroxylation is 1. The first-order valence-corrected chi connectivity index (χ1v) is 7.02. The lowest BCUT2D eigenvalue weighted by atomic mass is 10.0. The standard InChI is InChI=1S/C16H27NO/c1-6-14(7-2)11-18-16-10-12(3)8-9-15(16)13(4)17-5/h8-10,13-14,17H,6-7,11H2,1-5H3. The summed E-state index contributed by atoms with van der Waals surface area (Å²) >= 11 is 0. The van der Waals surface area contributed by atoms with Crippen LogP contribution in [0.5, 0.6) is 5.75 Å². The van der Waals surface area contributed by atoms with E-state index in [1.165, 1.54) is 24.0 Å². The Morgan fingerprint density at radius 1 is 1.22 bits per heavy atom. The van der Waals surface area contributed by atoms with Gasteiger partial charge in [0.15, 0.2) is 0 Å². The Hall–Kier alpha value is -1.02. The number of hydrogen-bond donors (Lipinski definition) is 1. The molecule has 0 fully saturated rings. The third-order valence-electron chi connectivity index (χ3n) is 3.70. The second-order valence-electron chi connectivity index (χ2n) is 5.05. The van der Waals surface area contributed by atoms with Crippen molar-refractivity contribution in [2.24, 2.45) is 5.92 Å². The highest BCUT2D eigenvalue weighted by Gasteiger charge is 2.12. The van der Waals surface area contributed by atoms with Crippen LogP contribution in [-0.2, 0) is 0 Å². The highest BCUT2D eigenvalue weighted by molar-refractivity contribution is 5.39. The van der Waals surface area contributed by atoms with Crippen molar-refractivity contribution in [3.05, 3.63) is 29.3 Å². The molecule has 1 unspecified atom stereocenters. The molecular formula is C16H27NO. The lowest BCUT2D eigenvalue weighted by Gasteiger charge is -2.19. The molecule has 2 nitrogen and oxygen atoms in total. The molecule has 0 bridgehead atoms. The highest BCUT2D eigenvalue weighted by Crippen LogP contribution is 2.27. The van der Waals surface area contributed by atoms with Crippen molar-refractivity contribution in [1.82, 2.24) is 5.32 Å². The van der Waals surface area contributed by atoms with Gasteiger partial charge in [0, 0.05) is 11.6 Å². The molecule has 0 saturated carbocycles. The van der Waals surface area contributed by atoms with E-state index in [9.17, 15) is 0 Å². The van der Waals surface area contributed by atoms with Gasteiger partial charge >= 0.3 is 0 Å². The average molecular weight is 249 g/mol. The van der Waals surface area contributed by atoms with E-state index in [1.807, 2.05) is 7.05 Å². The Kier molecular flexibility index (Phi) is 6.20. The number of nitrogens with one attached hydrogen (secondary N) is 1. The van der Waals surface area contributed by atoms with Crippen LogP contribution in [-0.4, -0.2) is 13.7 Å². The van der Waals surface area contributed by atoms with Gasteiger partial charge in [-0.3, -0.25) is 0 Å². The number of ether oxygens (including phenoxy) is 1. The Balaban J connectivity index is 2.82. The predicted molar refractivity (Wildman–Crippen MR) is 78.2 cm³/mol. The van der Waals surface area contributed by atoms with Crippen LogP contribution >= 0.6 is 0 Å². The van der Waals surface area contributed by atoms with E-state index in [0.29, 0.717) is 12.0 Å². The average Bonchev–Trinajstić information content (AvgIpc) is 2.39. The zero-order chi connectivity index (χ0) is 13.5. The van der Waals surface area contributed by atoms with Crippen molar-refractivity contribution in [3.8, 4) is 5.75 Å². The topological polar surface area (TPSA) is 21.3 Å². The third kappa shape index (κ3) is 4.02. The molecule has 0 amide bonds. The summed E-state index contributed by atoms with van der Waals surface area (Å²) in [4.78, 5) is 0. The summed E-state index contributed by atoms with van der Waals surface area (Å²) in [5, 5.41) is 3.28. The molecule has 0 saturated heterocycles. The van der Waals surface area contributed by atoms with Crippen LogP contribution in [0.3, 0.4) is 0 Å². The van der Waals surface area contributed by atoms with Crippen LogP contribution in [0, 0.1) is 12.8 Å². The van der Waals surface area contributed by atoms with Crippen molar-refractivity contribution < 1.29 is 4.74 Å². The van der Waals surface area contributed by atoms with Gasteiger partial charge in [-0.25, -0.2) is 0 Å². The summed E-state index contributed by atoms with van der Waals surface area (Å²) in [6, 6.07) is 6.78. The number of rotatable bonds is 7. The zero-order valence-corrected chi connectivity index (χ0v) is 12.4. The molecule has 18 heavy (non-hydrogen) atoms. The van der Waals surface area contributed by atoms with Crippen molar-refractivity contribution >= 4 is 0 Å². The first-order chi connectivity index (χ1) is 8.62. The molecule has 0 aromatic heterocycles. The van der Waals surface area contributed by atoms with E-state index in [2.05, 4.69) is 51.2 Å². The van der Waals surface area contributed by atoms with Crippen LogP contribution in [0.25, 0.3) is 0 Å². The Labute approximate surface area is 112 Å². The van der Waals surface area contributed by atoms with Gasteiger partial charge in [-0.15, -0.1) is 0 Å². The highest BCUT2D eigenvalue weighted by atomic mass is 16.5. The SMILES string of the molecule is CCC(CC)COc1cc(C)ccc1C(C)NC. The fraction of sp³-hybridized carbons (Fsp3) is 0.625. The van der Waals surface area contributed by atoms with Crippen LogP contribution in [0.2, 0.25) is 0 Å². The second kappa shape index (κ2) is 7.42. The van der Waals surface area contributed by atoms with Gasteiger partial charge in [-0.05, 0) is 38.4 Å². The summed E-state index contributed by atoms with van der Waals surface area (Å²) in [5.41, 5.74) is 2.50. The van der Waals surface area contributed by atoms with Gasteiger partial charge in [0.05, 0.1) is 6.61 Å². The van der Waals surface area contributed by atoms with Crippen molar-refractivity contribution in [2.45, 2.75) is 46.6 Å². The minimum Gasteiger partial charge on any atom is -0.493 e. The largest absolute Gasteiger partial charge is 0.493 e. The summed E-state index contributed by atoms with van der Waals surface area (Å²) in [6.45, 7) is 9.54. The molecule has 102 valence electrons. The smallest absolute Gasteiger partial charge is 0.124 e. The maximum absolute atomic E-state index is 6.04. The molecule has 0 aliphatic rings. The first-order valence-electron chi connectivity index (χ1n) is 7.02. The summed E-state index contributed by atoms with van der Waals surface area (Å²) in [7, 11) is 1.98. The molecule has 2 heteroatoms. The van der Waals surface area contributed by atoms with Gasteiger partial charge in [-0.1, -0.05) is 38.8 Å². The van der Waals surface area contributed by atoms with Crippen LogP contribution in [0.15, 0.2) is 18.2 Å². The van der Waals surface area contributed by atoms with Crippen LogP contribution < -0.4 is 10.1 Å². The molecule has 1 atom stereocenters. The Morgan fingerprint density at radius 3 is 2.44 bits per heavy atom. The monoisotopic (exact) mass is 249 g/mol. The van der Waals surface area contributed by atoms with Gasteiger partial charge in [0.1, 0.15) is 5.75 Å². The van der Waals surface area contributed by atoms with Crippen LogP contribution in [0.1, 0.15) is 50.8 Å². The van der Waals surface area contributed by atoms with Gasteiger partial charge in [0.25, 0.3) is 0 Å². The molecule has 1 rings (SSSR count). The van der Waals surface area contributed by atoms with E-state index >= 15 is 0 Å². The van der Waals surface area contributed by atoms with Gasteiger partial charge in [0.2, 0.25) is 0 Å². The Morgan fingerprint density at radius 2 is 1.89 bits per heavy atom. The second-order valence-corrected chi connectivity index (χ2v) is 5.05. The predicted octanol–water partition coefficient (Wildman–Crippen LogP) is 4.09. The molecule has 1 aromatic carbocycles. The summed E-state index contributed by atoms with van der Waals surface area (Å²) in [6.07, 6.45) is 2.36. The molecule has 0 spiro atoms. The fourth-order valence-corrected chi connectivity index (χ4v) is 2.01. The normalized spacial score (nSPS) is 12.8. The van der Waals surface area contributed by atoms with Gasteiger partial charge in [-0.2, -0.15) is 0 Å². The van der Waals surface area contributed by atoms with E-state index in [0.717, 1.165) is 12.4 Å². The third-order valence-corrected chi connectivity index (χ3v) is 3.70. The molecule has 0 heterocycles. The minimum absolute atomic E-state index is 0.322. The van der Waals surface area contributed by atoms with Crippen molar-refractivity contribution in [3.63, 3.8) is 0 Å². The van der Waals surface area contributed by atoms with Gasteiger partial charge < -0.3 is 10.1 Å². The lowest BCUT2D eigenvalue weighted by Crippen LogP contribution is -2.16. The molecule has 0 aliphatic carbocycles. The molecule has 0 aliphatic heterocycles.